The maximum absolute atomic E-state index is 11.4. The maximum atomic E-state index is 11.4. The number of hydrogen-bond acceptors (Lipinski definition) is 2. The standard InChI is InChI=1S/C16H21NO/c1-16(2,3)14-9-4-5-10-15(14)17-12-7-6-8-13(18)11-12/h4-5,9-11,17H,6-8H2,1-3H3. The Labute approximate surface area is 109 Å². The van der Waals surface area contributed by atoms with Crippen LogP contribution < -0.4 is 5.32 Å². The van der Waals surface area contributed by atoms with Gasteiger partial charge in [-0.1, -0.05) is 39.0 Å². The monoisotopic (exact) mass is 243 g/mol. The molecule has 1 aromatic carbocycles. The molecule has 1 aliphatic carbocycles. The van der Waals surface area contributed by atoms with Crippen LogP contribution in [0.4, 0.5) is 5.69 Å². The van der Waals surface area contributed by atoms with Gasteiger partial charge < -0.3 is 5.32 Å². The van der Waals surface area contributed by atoms with Crippen LogP contribution in [-0.4, -0.2) is 5.78 Å². The Morgan fingerprint density at radius 3 is 2.50 bits per heavy atom. The number of carbonyl (C=O) groups is 1. The second kappa shape index (κ2) is 4.97. The van der Waals surface area contributed by atoms with Crippen LogP contribution in [0.15, 0.2) is 36.0 Å². The van der Waals surface area contributed by atoms with Crippen LogP contribution in [0.2, 0.25) is 0 Å². The zero-order chi connectivity index (χ0) is 13.2. The lowest BCUT2D eigenvalue weighted by molar-refractivity contribution is -0.115. The van der Waals surface area contributed by atoms with E-state index in [0.29, 0.717) is 6.42 Å². The van der Waals surface area contributed by atoms with Gasteiger partial charge in [-0.2, -0.15) is 0 Å². The van der Waals surface area contributed by atoms with E-state index in [-0.39, 0.29) is 11.2 Å². The van der Waals surface area contributed by atoms with Crippen molar-refractivity contribution in [2.24, 2.45) is 0 Å². The molecule has 1 N–H and O–H groups in total. The smallest absolute Gasteiger partial charge is 0.157 e. The van der Waals surface area contributed by atoms with Crippen molar-refractivity contribution in [1.82, 2.24) is 0 Å². The maximum Gasteiger partial charge on any atom is 0.157 e. The van der Waals surface area contributed by atoms with E-state index in [4.69, 9.17) is 0 Å². The molecule has 2 rings (SSSR count). The first-order valence-corrected chi connectivity index (χ1v) is 6.57. The Bertz CT molecular complexity index is 480. The minimum atomic E-state index is 0.100. The van der Waals surface area contributed by atoms with E-state index < -0.39 is 0 Å². The van der Waals surface area contributed by atoms with Crippen LogP contribution in [0.1, 0.15) is 45.6 Å². The number of benzene rings is 1. The Balaban J connectivity index is 2.27. The second-order valence-electron chi connectivity index (χ2n) is 5.91. The number of rotatable bonds is 2. The first-order chi connectivity index (χ1) is 8.47. The number of carbonyl (C=O) groups excluding carboxylic acids is 1. The van der Waals surface area contributed by atoms with Gasteiger partial charge in [-0.25, -0.2) is 0 Å². The molecule has 1 aromatic rings. The van der Waals surface area contributed by atoms with Crippen LogP contribution in [0.5, 0.6) is 0 Å². The fourth-order valence-electron chi connectivity index (χ4n) is 2.31. The van der Waals surface area contributed by atoms with Gasteiger partial charge in [0.15, 0.2) is 5.78 Å². The first-order valence-electron chi connectivity index (χ1n) is 6.57. The van der Waals surface area contributed by atoms with Gasteiger partial charge in [0, 0.05) is 23.9 Å². The van der Waals surface area contributed by atoms with E-state index in [1.165, 1.54) is 5.56 Å². The number of ketones is 1. The van der Waals surface area contributed by atoms with Crippen LogP contribution in [0, 0.1) is 0 Å². The fourth-order valence-corrected chi connectivity index (χ4v) is 2.31. The SMILES string of the molecule is CC(C)(C)c1ccccc1NC1=CC(=O)CCC1. The van der Waals surface area contributed by atoms with Gasteiger partial charge in [-0.05, 0) is 29.9 Å². The summed E-state index contributed by atoms with van der Waals surface area (Å²) in [4.78, 5) is 11.4. The van der Waals surface area contributed by atoms with Gasteiger partial charge in [0.25, 0.3) is 0 Å². The minimum absolute atomic E-state index is 0.100. The predicted molar refractivity (Wildman–Crippen MR) is 75.7 cm³/mol. The lowest BCUT2D eigenvalue weighted by atomic mass is 9.85. The van der Waals surface area contributed by atoms with Crippen molar-refractivity contribution in [1.29, 1.82) is 0 Å². The highest BCUT2D eigenvalue weighted by Gasteiger charge is 2.18. The molecular weight excluding hydrogens is 222 g/mol. The summed E-state index contributed by atoms with van der Waals surface area (Å²) in [7, 11) is 0. The molecule has 0 aliphatic heterocycles. The third kappa shape index (κ3) is 3.00. The zero-order valence-electron chi connectivity index (χ0n) is 11.4. The average Bonchev–Trinajstić information content (AvgIpc) is 2.28. The number of hydrogen-bond donors (Lipinski definition) is 1. The molecule has 0 unspecified atom stereocenters. The van der Waals surface area contributed by atoms with E-state index in [2.05, 4.69) is 44.3 Å². The highest BCUT2D eigenvalue weighted by molar-refractivity contribution is 5.91. The van der Waals surface area contributed by atoms with Crippen LogP contribution >= 0.6 is 0 Å². The Morgan fingerprint density at radius 1 is 1.11 bits per heavy atom. The van der Waals surface area contributed by atoms with E-state index in [0.717, 1.165) is 24.2 Å². The van der Waals surface area contributed by atoms with Crippen molar-refractivity contribution in [3.8, 4) is 0 Å². The van der Waals surface area contributed by atoms with Crippen molar-refractivity contribution in [3.05, 3.63) is 41.6 Å². The molecule has 0 radical (unpaired) electrons. The number of allylic oxidation sites excluding steroid dienone is 2. The second-order valence-corrected chi connectivity index (χ2v) is 5.91. The predicted octanol–water partition coefficient (Wildman–Crippen LogP) is 4.03. The average molecular weight is 243 g/mol. The summed E-state index contributed by atoms with van der Waals surface area (Å²) < 4.78 is 0. The third-order valence-electron chi connectivity index (χ3n) is 3.23. The Morgan fingerprint density at radius 2 is 1.83 bits per heavy atom. The third-order valence-corrected chi connectivity index (χ3v) is 3.23. The molecule has 0 heterocycles. The highest BCUT2D eigenvalue weighted by Crippen LogP contribution is 2.31. The van der Waals surface area contributed by atoms with E-state index in [1.54, 1.807) is 6.08 Å². The lowest BCUT2D eigenvalue weighted by Crippen LogP contribution is -2.16. The summed E-state index contributed by atoms with van der Waals surface area (Å²) in [5.41, 5.74) is 3.54. The molecule has 18 heavy (non-hydrogen) atoms. The first kappa shape index (κ1) is 12.9. The van der Waals surface area contributed by atoms with Gasteiger partial charge in [-0.15, -0.1) is 0 Å². The highest BCUT2D eigenvalue weighted by atomic mass is 16.1. The molecule has 2 nitrogen and oxygen atoms in total. The topological polar surface area (TPSA) is 29.1 Å². The van der Waals surface area contributed by atoms with Crippen LogP contribution in [0.25, 0.3) is 0 Å². The zero-order valence-corrected chi connectivity index (χ0v) is 11.4. The molecule has 0 atom stereocenters. The summed E-state index contributed by atoms with van der Waals surface area (Å²) in [6.07, 6.45) is 4.36. The molecule has 0 amide bonds. The molecule has 0 saturated carbocycles. The largest absolute Gasteiger partial charge is 0.359 e. The van der Waals surface area contributed by atoms with Crippen molar-refractivity contribution >= 4 is 11.5 Å². The summed E-state index contributed by atoms with van der Waals surface area (Å²) in [6, 6.07) is 8.32. The van der Waals surface area contributed by atoms with E-state index >= 15 is 0 Å². The van der Waals surface area contributed by atoms with E-state index in [1.807, 2.05) is 6.07 Å². The molecule has 96 valence electrons. The van der Waals surface area contributed by atoms with Crippen LogP contribution in [-0.2, 0) is 10.2 Å². The van der Waals surface area contributed by atoms with E-state index in [9.17, 15) is 4.79 Å². The summed E-state index contributed by atoms with van der Waals surface area (Å²) >= 11 is 0. The van der Waals surface area contributed by atoms with Crippen molar-refractivity contribution in [2.75, 3.05) is 5.32 Å². The molecular formula is C16H21NO. The molecule has 0 saturated heterocycles. The Hall–Kier alpha value is -1.57. The minimum Gasteiger partial charge on any atom is -0.359 e. The van der Waals surface area contributed by atoms with Crippen LogP contribution in [0.3, 0.4) is 0 Å². The van der Waals surface area contributed by atoms with Gasteiger partial charge in [-0.3, -0.25) is 4.79 Å². The molecule has 0 spiro atoms. The summed E-state index contributed by atoms with van der Waals surface area (Å²) in [5, 5.41) is 3.43. The molecule has 2 heteroatoms. The molecule has 0 aromatic heterocycles. The normalized spacial score (nSPS) is 16.4. The van der Waals surface area contributed by atoms with Crippen molar-refractivity contribution in [3.63, 3.8) is 0 Å². The number of para-hydroxylation sites is 1. The molecule has 0 bridgehead atoms. The fraction of sp³-hybridized carbons (Fsp3) is 0.438. The number of anilines is 1. The summed E-state index contributed by atoms with van der Waals surface area (Å²) in [5.74, 6) is 0.233. The Kier molecular flexibility index (Phi) is 3.55. The number of nitrogens with one attached hydrogen (secondary N) is 1. The molecule has 1 aliphatic rings. The van der Waals surface area contributed by atoms with Gasteiger partial charge in [0.1, 0.15) is 0 Å². The van der Waals surface area contributed by atoms with Gasteiger partial charge in [0.05, 0.1) is 0 Å². The van der Waals surface area contributed by atoms with Gasteiger partial charge >= 0.3 is 0 Å². The van der Waals surface area contributed by atoms with Gasteiger partial charge in [0.2, 0.25) is 0 Å². The van der Waals surface area contributed by atoms with Crippen molar-refractivity contribution in [2.45, 2.75) is 45.4 Å². The summed E-state index contributed by atoms with van der Waals surface area (Å²) in [6.45, 7) is 6.61. The van der Waals surface area contributed by atoms with Crippen molar-refractivity contribution < 1.29 is 4.79 Å². The lowest BCUT2D eigenvalue weighted by Gasteiger charge is -2.24. The molecule has 0 fully saturated rings. The quantitative estimate of drug-likeness (QED) is 0.849.